The third-order valence-electron chi connectivity index (χ3n) is 1.75. The minimum Gasteiger partial charge on any atom is -0.507 e. The predicted molar refractivity (Wildman–Crippen MR) is 52.7 cm³/mol. The molecule has 0 spiro atoms. The van der Waals surface area contributed by atoms with E-state index in [2.05, 4.69) is 4.98 Å². The number of anilines is 1. The summed E-state index contributed by atoms with van der Waals surface area (Å²) in [5, 5.41) is 18.4. The van der Waals surface area contributed by atoms with Gasteiger partial charge in [-0.1, -0.05) is 11.3 Å². The highest BCUT2D eigenvalue weighted by Gasteiger charge is 2.12. The summed E-state index contributed by atoms with van der Waals surface area (Å²) in [6, 6.07) is 2.66. The maximum absolute atomic E-state index is 10.7. The highest BCUT2D eigenvalue weighted by molar-refractivity contribution is 7.22. The van der Waals surface area contributed by atoms with Crippen LogP contribution in [0.2, 0.25) is 0 Å². The van der Waals surface area contributed by atoms with Crippen molar-refractivity contribution in [1.82, 2.24) is 4.98 Å². The number of nitrogen functional groups attached to an aromatic ring is 1. The van der Waals surface area contributed by atoms with Gasteiger partial charge in [0.15, 0.2) is 5.13 Å². The number of hydrogen-bond donors (Lipinski definition) is 3. The van der Waals surface area contributed by atoms with Crippen LogP contribution in [0.3, 0.4) is 0 Å². The Balaban J connectivity index is 2.76. The van der Waals surface area contributed by atoms with Crippen LogP contribution in [0.1, 0.15) is 10.4 Å². The summed E-state index contributed by atoms with van der Waals surface area (Å²) in [5.41, 5.74) is 5.77. The number of aromatic hydroxyl groups is 1. The number of carboxylic acids is 1. The molecule has 0 unspecified atom stereocenters. The van der Waals surface area contributed by atoms with Gasteiger partial charge in [-0.2, -0.15) is 0 Å². The molecule has 1 aromatic carbocycles. The summed E-state index contributed by atoms with van der Waals surface area (Å²) in [5.74, 6) is -1.45. The largest absolute Gasteiger partial charge is 0.507 e. The Labute approximate surface area is 82.4 Å². The first kappa shape index (κ1) is 8.76. The molecule has 6 heteroatoms. The van der Waals surface area contributed by atoms with Gasteiger partial charge in [0.05, 0.1) is 10.2 Å². The van der Waals surface area contributed by atoms with E-state index in [-0.39, 0.29) is 11.3 Å². The number of thiazole rings is 1. The number of nitrogens with zero attached hydrogens (tertiary/aromatic N) is 1. The van der Waals surface area contributed by atoms with Gasteiger partial charge in [-0.25, -0.2) is 9.78 Å². The molecule has 4 N–H and O–H groups in total. The van der Waals surface area contributed by atoms with E-state index in [1.54, 1.807) is 0 Å². The zero-order valence-electron chi connectivity index (χ0n) is 6.89. The lowest BCUT2D eigenvalue weighted by atomic mass is 10.2. The minimum absolute atomic E-state index is 0.164. The molecule has 72 valence electrons. The fourth-order valence-electron chi connectivity index (χ4n) is 1.15. The van der Waals surface area contributed by atoms with Crippen LogP contribution in [0.25, 0.3) is 10.2 Å². The number of hydrogen-bond acceptors (Lipinski definition) is 5. The SMILES string of the molecule is Nc1nc2cc(C(=O)O)c(O)cc2s1. The number of aromatic nitrogens is 1. The summed E-state index contributed by atoms with van der Waals surface area (Å²) >= 11 is 1.20. The van der Waals surface area contributed by atoms with E-state index in [1.165, 1.54) is 23.5 Å². The fraction of sp³-hybridized carbons (Fsp3) is 0. The van der Waals surface area contributed by atoms with Gasteiger partial charge in [-0.15, -0.1) is 0 Å². The van der Waals surface area contributed by atoms with Crippen molar-refractivity contribution in [2.75, 3.05) is 5.73 Å². The molecule has 2 rings (SSSR count). The second-order valence-electron chi connectivity index (χ2n) is 2.69. The van der Waals surface area contributed by atoms with Crippen molar-refractivity contribution in [1.29, 1.82) is 0 Å². The topological polar surface area (TPSA) is 96.4 Å². The van der Waals surface area contributed by atoms with Crippen molar-refractivity contribution in [2.45, 2.75) is 0 Å². The first-order valence-electron chi connectivity index (χ1n) is 3.70. The molecule has 0 aliphatic rings. The normalized spacial score (nSPS) is 10.6. The van der Waals surface area contributed by atoms with E-state index in [9.17, 15) is 9.90 Å². The zero-order chi connectivity index (χ0) is 10.3. The Morgan fingerprint density at radius 2 is 2.21 bits per heavy atom. The number of carboxylic acid groups (broad SMARTS) is 1. The lowest BCUT2D eigenvalue weighted by Gasteiger charge is -1.97. The second kappa shape index (κ2) is 2.85. The molecule has 0 aliphatic carbocycles. The maximum atomic E-state index is 10.7. The van der Waals surface area contributed by atoms with Gasteiger partial charge in [0.2, 0.25) is 0 Å². The Morgan fingerprint density at radius 3 is 2.86 bits per heavy atom. The molecular formula is C8H6N2O3S. The smallest absolute Gasteiger partial charge is 0.339 e. The van der Waals surface area contributed by atoms with Crippen molar-refractivity contribution >= 4 is 32.7 Å². The van der Waals surface area contributed by atoms with Crippen LogP contribution in [-0.4, -0.2) is 21.2 Å². The molecule has 0 saturated heterocycles. The maximum Gasteiger partial charge on any atom is 0.339 e. The molecule has 0 fully saturated rings. The van der Waals surface area contributed by atoms with Crippen molar-refractivity contribution in [3.63, 3.8) is 0 Å². The molecule has 5 nitrogen and oxygen atoms in total. The number of aromatic carboxylic acids is 1. The van der Waals surface area contributed by atoms with Crippen LogP contribution in [-0.2, 0) is 0 Å². The molecule has 1 aromatic heterocycles. The van der Waals surface area contributed by atoms with Crippen molar-refractivity contribution in [3.8, 4) is 5.75 Å². The first-order chi connectivity index (χ1) is 6.58. The highest BCUT2D eigenvalue weighted by Crippen LogP contribution is 2.29. The van der Waals surface area contributed by atoms with Crippen LogP contribution < -0.4 is 5.73 Å². The van der Waals surface area contributed by atoms with E-state index in [0.717, 1.165) is 0 Å². The van der Waals surface area contributed by atoms with Crippen LogP contribution in [0.5, 0.6) is 5.75 Å². The average molecular weight is 210 g/mol. The van der Waals surface area contributed by atoms with E-state index in [4.69, 9.17) is 10.8 Å². The molecule has 0 bridgehead atoms. The fourth-order valence-corrected chi connectivity index (χ4v) is 1.90. The molecule has 0 aliphatic heterocycles. The zero-order valence-corrected chi connectivity index (χ0v) is 7.71. The van der Waals surface area contributed by atoms with Gasteiger partial charge in [0.25, 0.3) is 0 Å². The Hall–Kier alpha value is -1.82. The molecular weight excluding hydrogens is 204 g/mol. The summed E-state index contributed by atoms with van der Waals surface area (Å²) in [6.45, 7) is 0. The summed E-state index contributed by atoms with van der Waals surface area (Å²) in [4.78, 5) is 14.6. The lowest BCUT2D eigenvalue weighted by Crippen LogP contribution is -1.96. The van der Waals surface area contributed by atoms with Crippen LogP contribution >= 0.6 is 11.3 Å². The minimum atomic E-state index is -1.18. The third kappa shape index (κ3) is 1.25. The second-order valence-corrected chi connectivity index (χ2v) is 3.76. The van der Waals surface area contributed by atoms with Gasteiger partial charge >= 0.3 is 5.97 Å². The van der Waals surface area contributed by atoms with E-state index in [0.29, 0.717) is 15.3 Å². The van der Waals surface area contributed by atoms with E-state index < -0.39 is 5.97 Å². The number of carbonyl (C=O) groups is 1. The molecule has 0 amide bonds. The number of rotatable bonds is 1. The Bertz CT molecular complexity index is 521. The number of benzene rings is 1. The molecule has 2 aromatic rings. The van der Waals surface area contributed by atoms with Crippen LogP contribution in [0, 0.1) is 0 Å². The Kier molecular flexibility index (Phi) is 1.78. The summed E-state index contributed by atoms with van der Waals surface area (Å²) in [7, 11) is 0. The number of fused-ring (bicyclic) bond motifs is 1. The number of phenols is 1. The van der Waals surface area contributed by atoms with Crippen LogP contribution in [0.4, 0.5) is 5.13 Å². The van der Waals surface area contributed by atoms with Gasteiger partial charge in [0, 0.05) is 6.07 Å². The lowest BCUT2D eigenvalue weighted by molar-refractivity contribution is 0.0694. The standard InChI is InChI=1S/C8H6N2O3S/c9-8-10-4-1-3(7(12)13)5(11)2-6(4)14-8/h1-2,11H,(H2,9,10)(H,12,13). The highest BCUT2D eigenvalue weighted by atomic mass is 32.1. The molecule has 0 atom stereocenters. The summed E-state index contributed by atoms with van der Waals surface area (Å²) in [6.07, 6.45) is 0. The van der Waals surface area contributed by atoms with Gasteiger partial charge in [-0.05, 0) is 6.07 Å². The summed E-state index contributed by atoms with van der Waals surface area (Å²) < 4.78 is 0.671. The van der Waals surface area contributed by atoms with Gasteiger partial charge in [0.1, 0.15) is 11.3 Å². The first-order valence-corrected chi connectivity index (χ1v) is 4.52. The van der Waals surface area contributed by atoms with Crippen molar-refractivity contribution in [2.24, 2.45) is 0 Å². The number of nitrogens with two attached hydrogens (primary N) is 1. The third-order valence-corrected chi connectivity index (χ3v) is 2.60. The molecule has 1 heterocycles. The van der Waals surface area contributed by atoms with Crippen LogP contribution in [0.15, 0.2) is 12.1 Å². The van der Waals surface area contributed by atoms with Crippen molar-refractivity contribution < 1.29 is 15.0 Å². The van der Waals surface area contributed by atoms with E-state index >= 15 is 0 Å². The molecule has 14 heavy (non-hydrogen) atoms. The molecule has 0 saturated carbocycles. The monoisotopic (exact) mass is 210 g/mol. The average Bonchev–Trinajstić information content (AvgIpc) is 2.42. The van der Waals surface area contributed by atoms with Gasteiger partial charge < -0.3 is 15.9 Å². The predicted octanol–water partition coefficient (Wildman–Crippen LogP) is 1.28. The Morgan fingerprint density at radius 1 is 1.50 bits per heavy atom. The van der Waals surface area contributed by atoms with E-state index in [1.807, 2.05) is 0 Å². The van der Waals surface area contributed by atoms with Crippen molar-refractivity contribution in [3.05, 3.63) is 17.7 Å². The quantitative estimate of drug-likeness (QED) is 0.658. The van der Waals surface area contributed by atoms with Gasteiger partial charge in [-0.3, -0.25) is 0 Å². The molecule has 0 radical (unpaired) electrons.